The number of aliphatic carboxylic acids is 1. The van der Waals surface area contributed by atoms with E-state index in [0.29, 0.717) is 24.3 Å². The van der Waals surface area contributed by atoms with Crippen LogP contribution in [0, 0.1) is 0 Å². The molecule has 0 radical (unpaired) electrons. The minimum atomic E-state index is -1.15. The fourth-order valence-corrected chi connectivity index (χ4v) is 3.25. The van der Waals surface area contributed by atoms with Crippen LogP contribution >= 0.6 is 11.6 Å². The average molecular weight is 469 g/mol. The van der Waals surface area contributed by atoms with E-state index in [4.69, 9.17) is 21.1 Å². The van der Waals surface area contributed by atoms with Gasteiger partial charge in [-0.05, 0) is 47.9 Å². The van der Waals surface area contributed by atoms with Gasteiger partial charge in [0.25, 0.3) is 0 Å². The Hall–Kier alpha value is -3.58. The molecule has 1 N–H and O–H groups in total. The summed E-state index contributed by atoms with van der Waals surface area (Å²) in [5, 5.41) is 9.50. The van der Waals surface area contributed by atoms with E-state index in [1.807, 2.05) is 12.3 Å². The summed E-state index contributed by atoms with van der Waals surface area (Å²) in [5.74, 6) is -0.371. The minimum Gasteiger partial charge on any atom is -0.493 e. The van der Waals surface area contributed by atoms with Crippen molar-refractivity contribution in [3.05, 3.63) is 88.7 Å². The number of aromatic nitrogens is 1. The number of carboxylic acid groups (broad SMARTS) is 1. The van der Waals surface area contributed by atoms with Crippen LogP contribution in [0.25, 0.3) is 0 Å². The Kier molecular flexibility index (Phi) is 8.66. The number of ether oxygens (including phenoxy) is 2. The zero-order valence-corrected chi connectivity index (χ0v) is 19.0. The number of aryl methyl sites for hydroxylation is 1. The third kappa shape index (κ3) is 7.50. The van der Waals surface area contributed by atoms with Crippen LogP contribution in [0.2, 0.25) is 5.02 Å². The van der Waals surface area contributed by atoms with Gasteiger partial charge in [0.05, 0.1) is 11.6 Å². The average Bonchev–Trinajstić information content (AvgIpc) is 2.80. The molecule has 7 nitrogen and oxygen atoms in total. The van der Waals surface area contributed by atoms with Crippen molar-refractivity contribution in [1.29, 1.82) is 0 Å². The van der Waals surface area contributed by atoms with Gasteiger partial charge in [-0.3, -0.25) is 14.7 Å². The number of carboxylic acids is 1. The molecule has 8 heteroatoms. The quantitative estimate of drug-likeness (QED) is 0.450. The lowest BCUT2D eigenvalue weighted by atomic mass is 10.2. The maximum atomic E-state index is 12.6. The molecule has 0 unspecified atom stereocenters. The zero-order valence-electron chi connectivity index (χ0n) is 18.2. The molecule has 0 aliphatic rings. The second-order valence-corrected chi connectivity index (χ2v) is 7.71. The Morgan fingerprint density at radius 2 is 1.88 bits per heavy atom. The Balaban J connectivity index is 1.61. The second-order valence-electron chi connectivity index (χ2n) is 7.31. The number of amides is 1. The first-order valence-electron chi connectivity index (χ1n) is 10.5. The van der Waals surface area contributed by atoms with E-state index in [0.717, 1.165) is 17.0 Å². The summed E-state index contributed by atoms with van der Waals surface area (Å²) < 4.78 is 11.1. The maximum absolute atomic E-state index is 12.6. The monoisotopic (exact) mass is 468 g/mol. The van der Waals surface area contributed by atoms with Gasteiger partial charge in [0, 0.05) is 24.9 Å². The molecule has 3 aromatic rings. The molecule has 0 atom stereocenters. The van der Waals surface area contributed by atoms with Crippen LogP contribution in [0.1, 0.15) is 23.7 Å². The molecule has 0 aliphatic heterocycles. The highest BCUT2D eigenvalue weighted by Crippen LogP contribution is 2.24. The van der Waals surface area contributed by atoms with Gasteiger partial charge in [-0.1, -0.05) is 48.9 Å². The van der Waals surface area contributed by atoms with Crippen LogP contribution in [0.5, 0.6) is 11.5 Å². The standard InChI is InChI=1S/C25H25ClN2O5/c1-2-18-10-11-20(27-15-18)12-13-32-21-7-5-6-19(14-21)16-28(17-24(29)30)25(31)33-23-9-4-3-8-22(23)26/h3-11,14-15H,2,12-13,16-17H2,1H3,(H,29,30). The number of halogens is 1. The molecule has 1 aromatic heterocycles. The number of nitrogens with zero attached hydrogens (tertiary/aromatic N) is 2. The van der Waals surface area contributed by atoms with E-state index in [2.05, 4.69) is 18.0 Å². The van der Waals surface area contributed by atoms with Gasteiger partial charge >= 0.3 is 12.1 Å². The summed E-state index contributed by atoms with van der Waals surface area (Å²) in [4.78, 5) is 29.4. The lowest BCUT2D eigenvalue weighted by Crippen LogP contribution is -2.37. The molecule has 33 heavy (non-hydrogen) atoms. The number of benzene rings is 2. The van der Waals surface area contributed by atoms with Gasteiger partial charge in [-0.15, -0.1) is 0 Å². The minimum absolute atomic E-state index is 0.0345. The van der Waals surface area contributed by atoms with Crippen LogP contribution < -0.4 is 9.47 Å². The molecule has 0 bridgehead atoms. The van der Waals surface area contributed by atoms with Gasteiger partial charge < -0.3 is 14.6 Å². The number of hydrogen-bond acceptors (Lipinski definition) is 5. The van der Waals surface area contributed by atoms with Crippen LogP contribution in [0.3, 0.4) is 0 Å². The molecule has 3 rings (SSSR count). The van der Waals surface area contributed by atoms with Crippen molar-refractivity contribution < 1.29 is 24.2 Å². The Morgan fingerprint density at radius 3 is 2.58 bits per heavy atom. The normalized spacial score (nSPS) is 10.5. The highest BCUT2D eigenvalue weighted by molar-refractivity contribution is 6.32. The molecule has 0 spiro atoms. The summed E-state index contributed by atoms with van der Waals surface area (Å²) in [6.45, 7) is 2.04. The fraction of sp³-hybridized carbons (Fsp3) is 0.240. The molecular formula is C25H25ClN2O5. The molecule has 1 heterocycles. The predicted molar refractivity (Wildman–Crippen MR) is 125 cm³/mol. The van der Waals surface area contributed by atoms with Crippen molar-refractivity contribution in [2.24, 2.45) is 0 Å². The number of carbonyl (C=O) groups is 2. The lowest BCUT2D eigenvalue weighted by Gasteiger charge is -2.21. The van der Waals surface area contributed by atoms with E-state index in [1.165, 1.54) is 11.6 Å². The number of para-hydroxylation sites is 1. The third-order valence-electron chi connectivity index (χ3n) is 4.81. The molecule has 0 aliphatic carbocycles. The number of carbonyl (C=O) groups excluding carboxylic acids is 1. The van der Waals surface area contributed by atoms with E-state index in [-0.39, 0.29) is 17.3 Å². The topological polar surface area (TPSA) is 89.0 Å². The van der Waals surface area contributed by atoms with Gasteiger partial charge in [0.2, 0.25) is 0 Å². The number of hydrogen-bond donors (Lipinski definition) is 1. The van der Waals surface area contributed by atoms with Gasteiger partial charge in [-0.2, -0.15) is 0 Å². The van der Waals surface area contributed by atoms with Crippen LogP contribution in [0.15, 0.2) is 66.9 Å². The first-order valence-corrected chi connectivity index (χ1v) is 10.9. The molecule has 1 amide bonds. The molecule has 2 aromatic carbocycles. The predicted octanol–water partition coefficient (Wildman–Crippen LogP) is 5.00. The van der Waals surface area contributed by atoms with Crippen molar-refractivity contribution in [2.75, 3.05) is 13.2 Å². The van der Waals surface area contributed by atoms with Crippen molar-refractivity contribution in [3.8, 4) is 11.5 Å². The third-order valence-corrected chi connectivity index (χ3v) is 5.12. The largest absolute Gasteiger partial charge is 0.493 e. The van der Waals surface area contributed by atoms with Crippen molar-refractivity contribution >= 4 is 23.7 Å². The van der Waals surface area contributed by atoms with E-state index in [9.17, 15) is 14.7 Å². The molecule has 0 fully saturated rings. The smallest absolute Gasteiger partial charge is 0.416 e. The highest BCUT2D eigenvalue weighted by atomic mass is 35.5. The number of rotatable bonds is 10. The number of pyridine rings is 1. The van der Waals surface area contributed by atoms with E-state index >= 15 is 0 Å². The Labute approximate surface area is 197 Å². The Morgan fingerprint density at radius 1 is 1.06 bits per heavy atom. The van der Waals surface area contributed by atoms with Crippen LogP contribution in [-0.4, -0.2) is 40.2 Å². The first kappa shape index (κ1) is 24.1. The van der Waals surface area contributed by atoms with Crippen molar-refractivity contribution in [1.82, 2.24) is 9.88 Å². The van der Waals surface area contributed by atoms with Gasteiger partial charge in [0.15, 0.2) is 5.75 Å². The maximum Gasteiger partial charge on any atom is 0.416 e. The van der Waals surface area contributed by atoms with Crippen LogP contribution in [-0.2, 0) is 24.2 Å². The van der Waals surface area contributed by atoms with Crippen LogP contribution in [0.4, 0.5) is 4.79 Å². The SMILES string of the molecule is CCc1ccc(CCOc2cccc(CN(CC(=O)O)C(=O)Oc3ccccc3Cl)c2)nc1. The first-order chi connectivity index (χ1) is 15.9. The lowest BCUT2D eigenvalue weighted by molar-refractivity contribution is -0.138. The van der Waals surface area contributed by atoms with Crippen molar-refractivity contribution in [2.45, 2.75) is 26.3 Å². The highest BCUT2D eigenvalue weighted by Gasteiger charge is 2.20. The zero-order chi connectivity index (χ0) is 23.6. The van der Waals surface area contributed by atoms with E-state index in [1.54, 1.807) is 42.5 Å². The summed E-state index contributed by atoms with van der Waals surface area (Å²) in [6.07, 6.45) is 2.66. The van der Waals surface area contributed by atoms with E-state index < -0.39 is 18.6 Å². The fourth-order valence-electron chi connectivity index (χ4n) is 3.07. The summed E-state index contributed by atoms with van der Waals surface area (Å²) in [7, 11) is 0. The molecule has 0 saturated carbocycles. The summed E-state index contributed by atoms with van der Waals surface area (Å²) in [6, 6.07) is 17.7. The summed E-state index contributed by atoms with van der Waals surface area (Å²) >= 11 is 6.03. The van der Waals surface area contributed by atoms with Gasteiger partial charge in [0.1, 0.15) is 12.3 Å². The Bertz CT molecular complexity index is 1090. The molecular weight excluding hydrogens is 444 g/mol. The second kappa shape index (κ2) is 11.9. The molecule has 0 saturated heterocycles. The molecule has 172 valence electrons. The summed E-state index contributed by atoms with van der Waals surface area (Å²) in [5.41, 5.74) is 2.83. The van der Waals surface area contributed by atoms with Gasteiger partial charge in [-0.25, -0.2) is 4.79 Å². The van der Waals surface area contributed by atoms with Crippen molar-refractivity contribution in [3.63, 3.8) is 0 Å².